The highest BCUT2D eigenvalue weighted by Crippen LogP contribution is 2.26. The smallest absolute Gasteiger partial charge is 0.170 e. The Morgan fingerprint density at radius 3 is 2.35 bits per heavy atom. The summed E-state index contributed by atoms with van der Waals surface area (Å²) in [4.78, 5) is 8.47. The van der Waals surface area contributed by atoms with E-state index >= 15 is 0 Å². The second-order valence-electron chi connectivity index (χ2n) is 7.49. The van der Waals surface area contributed by atoms with Crippen LogP contribution in [0.5, 0.6) is 0 Å². The van der Waals surface area contributed by atoms with Crippen LogP contribution in [0, 0.1) is 11.6 Å². The molecule has 0 bridgehead atoms. The molecule has 0 spiro atoms. The first-order chi connectivity index (χ1) is 15.0. The summed E-state index contributed by atoms with van der Waals surface area (Å²) in [6.45, 7) is 5.35. The van der Waals surface area contributed by atoms with E-state index in [1.807, 2.05) is 24.3 Å². The Morgan fingerprint density at radius 2 is 1.71 bits per heavy atom. The highest BCUT2D eigenvalue weighted by molar-refractivity contribution is 5.66. The number of hydrogen-bond donors (Lipinski definition) is 1. The number of nitrogens with zero attached hydrogens (tertiary/aromatic N) is 2. The average molecular weight is 421 g/mol. The number of halogens is 2. The van der Waals surface area contributed by atoms with Crippen molar-refractivity contribution in [1.29, 1.82) is 0 Å². The molecule has 0 aliphatic carbocycles. The molecular formula is C26H26F2N2O. The van der Waals surface area contributed by atoms with Gasteiger partial charge in [-0.1, -0.05) is 48.6 Å². The van der Waals surface area contributed by atoms with Crippen molar-refractivity contribution in [3.8, 4) is 22.5 Å². The normalized spacial score (nSPS) is 12.3. The van der Waals surface area contributed by atoms with Gasteiger partial charge in [0.05, 0.1) is 11.7 Å². The fraction of sp³-hybridized carbons (Fsp3) is 0.231. The van der Waals surface area contributed by atoms with Gasteiger partial charge in [-0.3, -0.25) is 0 Å². The third kappa shape index (κ3) is 5.92. The minimum Gasteiger partial charge on any atom is -0.393 e. The van der Waals surface area contributed by atoms with Gasteiger partial charge in [-0.05, 0) is 55.4 Å². The van der Waals surface area contributed by atoms with E-state index in [1.165, 1.54) is 18.2 Å². The molecule has 31 heavy (non-hydrogen) atoms. The first kappa shape index (κ1) is 22.5. The van der Waals surface area contributed by atoms with Crippen LogP contribution in [0.4, 0.5) is 8.78 Å². The Kier molecular flexibility index (Phi) is 7.79. The number of aromatic nitrogens is 2. The predicted molar refractivity (Wildman–Crippen MR) is 121 cm³/mol. The molecule has 1 N–H and O–H groups in total. The predicted octanol–water partition coefficient (Wildman–Crippen LogP) is 6.38. The van der Waals surface area contributed by atoms with Gasteiger partial charge in [0.1, 0.15) is 0 Å². The van der Waals surface area contributed by atoms with Crippen LogP contribution in [0.1, 0.15) is 37.3 Å². The first-order valence-electron chi connectivity index (χ1n) is 10.3. The molecule has 0 fully saturated rings. The molecular weight excluding hydrogens is 394 g/mol. The molecule has 1 unspecified atom stereocenters. The number of aliphatic hydroxyl groups excluding tert-OH is 1. The number of allylic oxidation sites excluding steroid dienone is 2. The van der Waals surface area contributed by atoms with Crippen LogP contribution in [-0.2, 0) is 6.42 Å². The Bertz CT molecular complexity index is 1040. The van der Waals surface area contributed by atoms with E-state index in [9.17, 15) is 13.9 Å². The van der Waals surface area contributed by atoms with Crippen LogP contribution in [0.15, 0.2) is 67.5 Å². The fourth-order valence-electron chi connectivity index (χ4n) is 3.23. The summed E-state index contributed by atoms with van der Waals surface area (Å²) in [7, 11) is 0. The summed E-state index contributed by atoms with van der Waals surface area (Å²) in [5, 5.41) is 9.27. The van der Waals surface area contributed by atoms with Crippen molar-refractivity contribution >= 4 is 6.08 Å². The van der Waals surface area contributed by atoms with E-state index in [2.05, 4.69) is 28.7 Å². The van der Waals surface area contributed by atoms with Gasteiger partial charge in [-0.15, -0.1) is 6.58 Å². The van der Waals surface area contributed by atoms with Gasteiger partial charge in [0.2, 0.25) is 0 Å². The summed E-state index contributed by atoms with van der Waals surface area (Å²) >= 11 is 0. The number of rotatable bonds is 9. The molecule has 2 aromatic carbocycles. The van der Waals surface area contributed by atoms with E-state index < -0.39 is 11.6 Å². The third-order valence-corrected chi connectivity index (χ3v) is 4.97. The topological polar surface area (TPSA) is 46.0 Å². The third-order valence-electron chi connectivity index (χ3n) is 4.97. The van der Waals surface area contributed by atoms with Crippen molar-refractivity contribution < 1.29 is 13.9 Å². The van der Waals surface area contributed by atoms with Gasteiger partial charge in [0.25, 0.3) is 0 Å². The average Bonchev–Trinajstić information content (AvgIpc) is 2.77. The van der Waals surface area contributed by atoms with Crippen LogP contribution < -0.4 is 0 Å². The molecule has 5 heteroatoms. The lowest BCUT2D eigenvalue weighted by Crippen LogP contribution is -1.99. The monoisotopic (exact) mass is 420 g/mol. The Labute approximate surface area is 181 Å². The molecule has 0 saturated heterocycles. The molecule has 160 valence electrons. The largest absolute Gasteiger partial charge is 0.393 e. The molecule has 3 aromatic rings. The lowest BCUT2D eigenvalue weighted by molar-refractivity contribution is 0.182. The van der Waals surface area contributed by atoms with Crippen LogP contribution >= 0.6 is 0 Å². The van der Waals surface area contributed by atoms with Gasteiger partial charge >= 0.3 is 0 Å². The molecule has 3 nitrogen and oxygen atoms in total. The highest BCUT2D eigenvalue weighted by atomic mass is 19.2. The molecule has 1 aromatic heterocycles. The minimum absolute atomic E-state index is 0.0351. The number of unbranched alkanes of at least 4 members (excludes halogenated alkanes) is 1. The zero-order valence-corrected chi connectivity index (χ0v) is 17.6. The van der Waals surface area contributed by atoms with Crippen molar-refractivity contribution in [3.05, 3.63) is 90.3 Å². The van der Waals surface area contributed by atoms with E-state index in [0.29, 0.717) is 0 Å². The van der Waals surface area contributed by atoms with Crippen molar-refractivity contribution in [1.82, 2.24) is 9.97 Å². The van der Waals surface area contributed by atoms with Crippen molar-refractivity contribution in [3.63, 3.8) is 0 Å². The van der Waals surface area contributed by atoms with Crippen molar-refractivity contribution in [2.45, 2.75) is 38.7 Å². The Hall–Kier alpha value is -3.18. The van der Waals surface area contributed by atoms with Crippen molar-refractivity contribution in [2.75, 3.05) is 0 Å². The number of aliphatic hydroxyl groups is 1. The standard InChI is InChI=1S/C26H26F2N2O/c1-3-7-21-14-15-23(25(28)24(21)27)26-29-16-22(17-30-26)20-12-10-19(11-13-20)9-6-4-5-8-18(2)31/h3,6,9-18,31H,1,4-5,7-8H2,2H3/b9-6+. The van der Waals surface area contributed by atoms with Gasteiger partial charge in [-0.25, -0.2) is 18.7 Å². The molecule has 0 amide bonds. The SMILES string of the molecule is C=CCc1ccc(-c2ncc(-c3ccc(/C=C/CCCC(C)O)cc3)cn2)c(F)c1F. The molecule has 0 aliphatic rings. The summed E-state index contributed by atoms with van der Waals surface area (Å²) < 4.78 is 28.6. The lowest BCUT2D eigenvalue weighted by Gasteiger charge is -2.07. The minimum atomic E-state index is -0.948. The van der Waals surface area contributed by atoms with Crippen LogP contribution in [0.3, 0.4) is 0 Å². The summed E-state index contributed by atoms with van der Waals surface area (Å²) in [5.41, 5.74) is 3.10. The summed E-state index contributed by atoms with van der Waals surface area (Å²) in [6.07, 6.45) is 11.6. The number of hydrogen-bond acceptors (Lipinski definition) is 3. The van der Waals surface area contributed by atoms with Crippen LogP contribution in [0.2, 0.25) is 0 Å². The van der Waals surface area contributed by atoms with Gasteiger partial charge in [0.15, 0.2) is 17.5 Å². The van der Waals surface area contributed by atoms with E-state index in [0.717, 1.165) is 36.0 Å². The van der Waals surface area contributed by atoms with Gasteiger partial charge in [-0.2, -0.15) is 0 Å². The first-order valence-corrected chi connectivity index (χ1v) is 10.3. The molecule has 0 saturated carbocycles. The zero-order chi connectivity index (χ0) is 22.2. The second-order valence-corrected chi connectivity index (χ2v) is 7.49. The maximum absolute atomic E-state index is 14.4. The quantitative estimate of drug-likeness (QED) is 0.323. The Morgan fingerprint density at radius 1 is 1.00 bits per heavy atom. The van der Waals surface area contributed by atoms with E-state index in [1.54, 1.807) is 19.3 Å². The number of benzene rings is 2. The Balaban J connectivity index is 1.70. The second kappa shape index (κ2) is 10.7. The highest BCUT2D eigenvalue weighted by Gasteiger charge is 2.16. The lowest BCUT2D eigenvalue weighted by atomic mass is 10.0. The molecule has 3 rings (SSSR count). The fourth-order valence-corrected chi connectivity index (χ4v) is 3.23. The van der Waals surface area contributed by atoms with E-state index in [-0.39, 0.29) is 29.5 Å². The molecule has 0 radical (unpaired) electrons. The molecule has 0 aliphatic heterocycles. The summed E-state index contributed by atoms with van der Waals surface area (Å²) in [6, 6.07) is 11.0. The molecule has 1 atom stereocenters. The maximum Gasteiger partial charge on any atom is 0.170 e. The molecule has 1 heterocycles. The van der Waals surface area contributed by atoms with Crippen LogP contribution in [0.25, 0.3) is 28.6 Å². The summed E-state index contributed by atoms with van der Waals surface area (Å²) in [5.74, 6) is -1.70. The zero-order valence-electron chi connectivity index (χ0n) is 17.6. The maximum atomic E-state index is 14.4. The van der Waals surface area contributed by atoms with Crippen LogP contribution in [-0.4, -0.2) is 21.2 Å². The van der Waals surface area contributed by atoms with E-state index in [4.69, 9.17) is 0 Å². The van der Waals surface area contributed by atoms with Gasteiger partial charge < -0.3 is 5.11 Å². The van der Waals surface area contributed by atoms with Gasteiger partial charge in [0, 0.05) is 18.0 Å². The van der Waals surface area contributed by atoms with Crippen molar-refractivity contribution in [2.24, 2.45) is 0 Å².